The molecular weight excluding hydrogens is 308 g/mol. The summed E-state index contributed by atoms with van der Waals surface area (Å²) in [6.45, 7) is 12.0. The molecule has 0 bridgehead atoms. The third kappa shape index (κ3) is 10.2. The lowest BCUT2D eigenvalue weighted by Crippen LogP contribution is -1.91. The van der Waals surface area contributed by atoms with Crippen LogP contribution in [-0.2, 0) is 6.42 Å². The predicted octanol–water partition coefficient (Wildman–Crippen LogP) is 6.08. The number of allylic oxidation sites excluding steroid dienone is 1. The van der Waals surface area contributed by atoms with Gasteiger partial charge in [0.2, 0.25) is 0 Å². The molecule has 2 heterocycles. The summed E-state index contributed by atoms with van der Waals surface area (Å²) in [7, 11) is 3.28. The van der Waals surface area contributed by atoms with E-state index in [2.05, 4.69) is 45.8 Å². The highest BCUT2D eigenvalue weighted by Gasteiger charge is 2.01. The highest BCUT2D eigenvalue weighted by molar-refractivity contribution is 5.53. The summed E-state index contributed by atoms with van der Waals surface area (Å²) in [4.78, 5) is 8.88. The minimum atomic E-state index is 0.930. The molecule has 0 saturated carbocycles. The Kier molecular flexibility index (Phi) is 12.7. The van der Waals surface area contributed by atoms with Crippen molar-refractivity contribution in [2.45, 2.75) is 47.0 Å². The van der Waals surface area contributed by atoms with Crippen LogP contribution in [0.5, 0.6) is 0 Å². The van der Waals surface area contributed by atoms with E-state index in [1.807, 2.05) is 45.3 Å². The van der Waals surface area contributed by atoms with Crippen molar-refractivity contribution < 1.29 is 0 Å². The molecule has 0 amide bonds. The molecule has 0 spiro atoms. The van der Waals surface area contributed by atoms with Gasteiger partial charge in [-0.25, -0.2) is 0 Å². The van der Waals surface area contributed by atoms with Crippen molar-refractivity contribution in [1.82, 2.24) is 9.97 Å². The van der Waals surface area contributed by atoms with Crippen LogP contribution in [0.2, 0.25) is 0 Å². The molecule has 25 heavy (non-hydrogen) atoms. The second-order valence-electron chi connectivity index (χ2n) is 5.48. The molecule has 0 atom stereocenters. The first kappa shape index (κ1) is 22.6. The molecule has 136 valence electrons. The Morgan fingerprint density at radius 2 is 1.52 bits per heavy atom. The van der Waals surface area contributed by atoms with E-state index in [9.17, 15) is 0 Å². The molecule has 2 rings (SSSR count). The summed E-state index contributed by atoms with van der Waals surface area (Å²) in [6.07, 6.45) is 7.11. The largest absolute Gasteiger partial charge is 0.254 e. The summed E-state index contributed by atoms with van der Waals surface area (Å²) in [5, 5.41) is 6.72. The van der Waals surface area contributed by atoms with Crippen LogP contribution in [0, 0.1) is 6.92 Å². The van der Waals surface area contributed by atoms with Gasteiger partial charge in [-0.3, -0.25) is 9.97 Å². The van der Waals surface area contributed by atoms with Gasteiger partial charge in [-0.05, 0) is 56.4 Å². The molecule has 4 nitrogen and oxygen atoms in total. The molecule has 0 radical (unpaired) electrons. The summed E-state index contributed by atoms with van der Waals surface area (Å²) >= 11 is 0. The fourth-order valence-corrected chi connectivity index (χ4v) is 1.94. The lowest BCUT2D eigenvalue weighted by atomic mass is 10.1. The third-order valence-electron chi connectivity index (χ3n) is 3.27. The minimum absolute atomic E-state index is 0.930. The van der Waals surface area contributed by atoms with Gasteiger partial charge >= 0.3 is 0 Å². The van der Waals surface area contributed by atoms with Crippen molar-refractivity contribution in [2.24, 2.45) is 10.2 Å². The lowest BCUT2D eigenvalue weighted by Gasteiger charge is -2.04. The Morgan fingerprint density at radius 3 is 1.92 bits per heavy atom. The Labute approximate surface area is 153 Å². The highest BCUT2D eigenvalue weighted by Crippen LogP contribution is 2.16. The van der Waals surface area contributed by atoms with Gasteiger partial charge in [0.15, 0.2) is 0 Å². The number of aryl methyl sites for hydroxylation is 2. The van der Waals surface area contributed by atoms with E-state index in [0.717, 1.165) is 30.7 Å². The summed E-state index contributed by atoms with van der Waals surface area (Å²) in [5.74, 6) is 0. The van der Waals surface area contributed by atoms with Crippen LogP contribution in [0.4, 0.5) is 0 Å². The van der Waals surface area contributed by atoms with Gasteiger partial charge in [-0.2, -0.15) is 10.2 Å². The van der Waals surface area contributed by atoms with Crippen molar-refractivity contribution in [3.63, 3.8) is 0 Å². The number of azo groups is 1. The van der Waals surface area contributed by atoms with Gasteiger partial charge in [-0.1, -0.05) is 31.6 Å². The van der Waals surface area contributed by atoms with Crippen molar-refractivity contribution in [2.75, 3.05) is 14.1 Å². The van der Waals surface area contributed by atoms with E-state index in [1.165, 1.54) is 16.7 Å². The average molecular weight is 341 g/mol. The van der Waals surface area contributed by atoms with Crippen LogP contribution in [0.1, 0.15) is 44.7 Å². The number of hydrogen-bond acceptors (Lipinski definition) is 4. The van der Waals surface area contributed by atoms with Crippen LogP contribution >= 0.6 is 0 Å². The van der Waals surface area contributed by atoms with Crippen LogP contribution in [0.15, 0.2) is 59.0 Å². The zero-order valence-electron chi connectivity index (χ0n) is 16.6. The summed E-state index contributed by atoms with van der Waals surface area (Å²) in [5.41, 5.74) is 5.55. The van der Waals surface area contributed by atoms with Gasteiger partial charge in [0, 0.05) is 26.5 Å². The van der Waals surface area contributed by atoms with Gasteiger partial charge in [-0.15, -0.1) is 6.58 Å². The first-order valence-electron chi connectivity index (χ1n) is 8.77. The smallest absolute Gasteiger partial charge is 0.0886 e. The monoisotopic (exact) mass is 340 g/mol. The van der Waals surface area contributed by atoms with Crippen molar-refractivity contribution >= 4 is 0 Å². The molecule has 0 aliphatic carbocycles. The lowest BCUT2D eigenvalue weighted by molar-refractivity contribution is 0.811. The van der Waals surface area contributed by atoms with Crippen molar-refractivity contribution in [1.29, 1.82) is 0 Å². The number of rotatable bonds is 5. The molecule has 0 saturated heterocycles. The number of aromatic nitrogens is 2. The minimum Gasteiger partial charge on any atom is -0.254 e. The molecule has 0 N–H and O–H groups in total. The molecule has 4 heteroatoms. The maximum atomic E-state index is 4.49. The molecular formula is C21H32N4. The molecule has 2 aromatic heterocycles. The van der Waals surface area contributed by atoms with Gasteiger partial charge in [0.05, 0.1) is 11.4 Å². The molecule has 0 aliphatic heterocycles. The average Bonchev–Trinajstić information content (AvgIpc) is 2.65. The molecule has 2 aromatic rings. The Hall–Kier alpha value is -2.36. The fraction of sp³-hybridized carbons (Fsp3) is 0.429. The maximum absolute atomic E-state index is 4.49. The predicted molar refractivity (Wildman–Crippen MR) is 108 cm³/mol. The first-order valence-corrected chi connectivity index (χ1v) is 8.77. The zero-order chi connectivity index (χ0) is 19.1. The van der Waals surface area contributed by atoms with Crippen molar-refractivity contribution in [3.05, 3.63) is 59.9 Å². The Morgan fingerprint density at radius 1 is 0.960 bits per heavy atom. The second kappa shape index (κ2) is 14.0. The first-order chi connectivity index (χ1) is 12.1. The summed E-state index contributed by atoms with van der Waals surface area (Å²) < 4.78 is 0. The SMILES string of the molecule is C=C(C)CCCc1ccc(-c2ccc(C)cn2)nc1.CC.CN=NC. The van der Waals surface area contributed by atoms with Crippen molar-refractivity contribution in [3.8, 4) is 11.4 Å². The van der Waals surface area contributed by atoms with Gasteiger partial charge in [0.25, 0.3) is 0 Å². The number of nitrogens with zero attached hydrogens (tertiary/aromatic N) is 4. The van der Waals surface area contributed by atoms with Gasteiger partial charge in [0.1, 0.15) is 0 Å². The topological polar surface area (TPSA) is 50.5 Å². The van der Waals surface area contributed by atoms with E-state index in [1.54, 1.807) is 14.1 Å². The quantitative estimate of drug-likeness (QED) is 0.489. The fourth-order valence-electron chi connectivity index (χ4n) is 1.94. The third-order valence-corrected chi connectivity index (χ3v) is 3.27. The second-order valence-corrected chi connectivity index (χ2v) is 5.48. The molecule has 0 fully saturated rings. The van der Waals surface area contributed by atoms with Crippen LogP contribution in [0.3, 0.4) is 0 Å². The normalized spacial score (nSPS) is 9.68. The standard InChI is InChI=1S/C17H20N2.C2H6N2.C2H6/c1-13(2)5-4-6-15-8-10-17(19-12-15)16-9-7-14(3)11-18-16;1-3-4-2;1-2/h7-12H,1,4-6H2,2-3H3;1-2H3;1-2H3. The van der Waals surface area contributed by atoms with Crippen LogP contribution < -0.4 is 0 Å². The van der Waals surface area contributed by atoms with Gasteiger partial charge < -0.3 is 0 Å². The Balaban J connectivity index is 0.000000845. The molecule has 0 aliphatic rings. The van der Waals surface area contributed by atoms with E-state index >= 15 is 0 Å². The van der Waals surface area contributed by atoms with E-state index in [0.29, 0.717) is 0 Å². The van der Waals surface area contributed by atoms with Crippen LogP contribution in [-0.4, -0.2) is 24.1 Å². The summed E-state index contributed by atoms with van der Waals surface area (Å²) in [6, 6.07) is 8.26. The number of pyridine rings is 2. The molecule has 0 unspecified atom stereocenters. The highest BCUT2D eigenvalue weighted by atomic mass is 15.0. The van der Waals surface area contributed by atoms with E-state index in [-0.39, 0.29) is 0 Å². The zero-order valence-corrected chi connectivity index (χ0v) is 16.6. The molecule has 0 aromatic carbocycles. The van der Waals surface area contributed by atoms with Crippen LogP contribution in [0.25, 0.3) is 11.4 Å². The Bertz CT molecular complexity index is 609. The van der Waals surface area contributed by atoms with E-state index in [4.69, 9.17) is 0 Å². The maximum Gasteiger partial charge on any atom is 0.0886 e. The number of hydrogen-bond donors (Lipinski definition) is 0. The van der Waals surface area contributed by atoms with E-state index < -0.39 is 0 Å².